The molecule has 0 bridgehead atoms. The van der Waals surface area contributed by atoms with Crippen molar-refractivity contribution in [2.75, 3.05) is 18.8 Å². The number of carbonyl (C=O) groups excluding carboxylic acids is 2. The van der Waals surface area contributed by atoms with E-state index in [1.165, 1.54) is 12.1 Å². The molecule has 0 spiro atoms. The van der Waals surface area contributed by atoms with Gasteiger partial charge in [-0.05, 0) is 17.7 Å². The van der Waals surface area contributed by atoms with Gasteiger partial charge >= 0.3 is 0 Å². The Labute approximate surface area is 111 Å². The summed E-state index contributed by atoms with van der Waals surface area (Å²) in [6.07, 6.45) is 0.181. The van der Waals surface area contributed by atoms with Crippen LogP contribution in [0.3, 0.4) is 0 Å². The highest BCUT2D eigenvalue weighted by atomic mass is 32.1. The summed E-state index contributed by atoms with van der Waals surface area (Å²) in [4.78, 5) is 22.7. The number of amides is 2. The van der Waals surface area contributed by atoms with Crippen LogP contribution in [0.1, 0.15) is 5.56 Å². The van der Waals surface area contributed by atoms with Crippen LogP contribution in [0.25, 0.3) is 0 Å². The first-order valence-electron chi connectivity index (χ1n) is 5.54. The van der Waals surface area contributed by atoms with E-state index in [0.717, 1.165) is 5.56 Å². The minimum absolute atomic E-state index is 0.0370. The Bertz CT molecular complexity index is 406. The Morgan fingerprint density at radius 2 is 1.78 bits per heavy atom. The average Bonchev–Trinajstić information content (AvgIpc) is 2.36. The number of phenols is 1. The van der Waals surface area contributed by atoms with Gasteiger partial charge in [0.05, 0.1) is 13.0 Å². The summed E-state index contributed by atoms with van der Waals surface area (Å²) in [5, 5.41) is 14.2. The molecule has 3 N–H and O–H groups in total. The monoisotopic (exact) mass is 268 g/mol. The Balaban J connectivity index is 2.29. The molecule has 0 heterocycles. The van der Waals surface area contributed by atoms with Gasteiger partial charge in [0, 0.05) is 12.3 Å². The lowest BCUT2D eigenvalue weighted by molar-refractivity contribution is -0.125. The van der Waals surface area contributed by atoms with Gasteiger partial charge in [0.1, 0.15) is 5.75 Å². The summed E-state index contributed by atoms with van der Waals surface area (Å²) in [7, 11) is 0. The van der Waals surface area contributed by atoms with Crippen LogP contribution in [-0.2, 0) is 16.0 Å². The van der Waals surface area contributed by atoms with Gasteiger partial charge in [-0.2, -0.15) is 12.6 Å². The zero-order valence-corrected chi connectivity index (χ0v) is 10.7. The lowest BCUT2D eigenvalue weighted by Gasteiger charge is -2.06. The molecule has 0 aliphatic heterocycles. The molecule has 0 unspecified atom stereocenters. The first kappa shape index (κ1) is 14.4. The van der Waals surface area contributed by atoms with E-state index >= 15 is 0 Å². The second kappa shape index (κ2) is 7.60. The quantitative estimate of drug-likeness (QED) is 0.552. The minimum Gasteiger partial charge on any atom is -0.508 e. The van der Waals surface area contributed by atoms with Gasteiger partial charge in [-0.25, -0.2) is 0 Å². The number of carbonyl (C=O) groups is 2. The van der Waals surface area contributed by atoms with Crippen molar-refractivity contribution in [3.05, 3.63) is 29.8 Å². The Morgan fingerprint density at radius 3 is 2.39 bits per heavy atom. The number of benzene rings is 1. The zero-order valence-electron chi connectivity index (χ0n) is 9.85. The molecule has 0 aromatic heterocycles. The van der Waals surface area contributed by atoms with E-state index in [1.807, 2.05) is 0 Å². The fourth-order valence-corrected chi connectivity index (χ4v) is 1.41. The number of phenolic OH excluding ortho intramolecular Hbond substituents is 1. The molecule has 0 saturated heterocycles. The Hall–Kier alpha value is -1.69. The number of rotatable bonds is 6. The van der Waals surface area contributed by atoms with Gasteiger partial charge in [-0.1, -0.05) is 12.1 Å². The molecule has 0 saturated carbocycles. The number of nitrogens with one attached hydrogen (secondary N) is 2. The third-order valence-electron chi connectivity index (χ3n) is 2.18. The van der Waals surface area contributed by atoms with Gasteiger partial charge in [-0.3, -0.25) is 9.59 Å². The maximum atomic E-state index is 11.5. The number of hydrogen-bond donors (Lipinski definition) is 4. The molecule has 0 atom stereocenters. The molecule has 2 amide bonds. The van der Waals surface area contributed by atoms with Gasteiger partial charge in [0.2, 0.25) is 11.8 Å². The summed E-state index contributed by atoms with van der Waals surface area (Å²) in [6.45, 7) is 0.445. The van der Waals surface area contributed by atoms with Crippen LogP contribution < -0.4 is 10.6 Å². The maximum absolute atomic E-state index is 11.5. The SMILES string of the molecule is O=C(CNC(=O)Cc1ccc(O)cc1)NCCS. The second-order valence-electron chi connectivity index (χ2n) is 3.69. The topological polar surface area (TPSA) is 78.4 Å². The molecular weight excluding hydrogens is 252 g/mol. The zero-order chi connectivity index (χ0) is 13.4. The highest BCUT2D eigenvalue weighted by Gasteiger charge is 2.05. The first-order valence-corrected chi connectivity index (χ1v) is 6.17. The van der Waals surface area contributed by atoms with Crippen LogP contribution in [0.5, 0.6) is 5.75 Å². The molecule has 6 heteroatoms. The first-order chi connectivity index (χ1) is 8.61. The summed E-state index contributed by atoms with van der Waals surface area (Å²) in [5.41, 5.74) is 0.779. The van der Waals surface area contributed by atoms with E-state index < -0.39 is 0 Å². The van der Waals surface area contributed by atoms with Crippen molar-refractivity contribution in [1.29, 1.82) is 0 Å². The van der Waals surface area contributed by atoms with Crippen molar-refractivity contribution in [3.8, 4) is 5.75 Å². The molecule has 5 nitrogen and oxygen atoms in total. The Morgan fingerprint density at radius 1 is 1.11 bits per heavy atom. The molecule has 98 valence electrons. The van der Waals surface area contributed by atoms with Crippen LogP contribution in [0.4, 0.5) is 0 Å². The highest BCUT2D eigenvalue weighted by Crippen LogP contribution is 2.09. The van der Waals surface area contributed by atoms with Crippen LogP contribution in [0.15, 0.2) is 24.3 Å². The second-order valence-corrected chi connectivity index (χ2v) is 4.14. The molecule has 0 fully saturated rings. The highest BCUT2D eigenvalue weighted by molar-refractivity contribution is 7.80. The van der Waals surface area contributed by atoms with Crippen LogP contribution >= 0.6 is 12.6 Å². The lowest BCUT2D eigenvalue weighted by Crippen LogP contribution is -2.38. The summed E-state index contributed by atoms with van der Waals surface area (Å²) in [5.74, 6) is 0.253. The molecule has 0 aliphatic rings. The molecule has 0 radical (unpaired) electrons. The number of hydrogen-bond acceptors (Lipinski definition) is 4. The van der Waals surface area contributed by atoms with E-state index in [0.29, 0.717) is 12.3 Å². The maximum Gasteiger partial charge on any atom is 0.239 e. The van der Waals surface area contributed by atoms with Crippen LogP contribution in [0, 0.1) is 0 Å². The normalized spacial score (nSPS) is 9.83. The third kappa shape index (κ3) is 5.58. The predicted octanol–water partition coefficient (Wildman–Crippen LogP) is 0.0969. The average molecular weight is 268 g/mol. The van der Waals surface area contributed by atoms with Crippen molar-refractivity contribution < 1.29 is 14.7 Å². The molecule has 0 aliphatic carbocycles. The standard InChI is InChI=1S/C12H16N2O3S/c15-10-3-1-9(2-4-10)7-11(16)14-8-12(17)13-5-6-18/h1-4,15,18H,5-8H2,(H,13,17)(H,14,16). The summed E-state index contributed by atoms with van der Waals surface area (Å²) < 4.78 is 0. The van der Waals surface area contributed by atoms with E-state index in [4.69, 9.17) is 5.11 Å². The predicted molar refractivity (Wildman–Crippen MR) is 71.7 cm³/mol. The number of aromatic hydroxyl groups is 1. The smallest absolute Gasteiger partial charge is 0.239 e. The van der Waals surface area contributed by atoms with E-state index in [1.54, 1.807) is 12.1 Å². The van der Waals surface area contributed by atoms with Gasteiger partial charge in [0.25, 0.3) is 0 Å². The summed E-state index contributed by atoms with van der Waals surface area (Å²) in [6, 6.07) is 6.36. The van der Waals surface area contributed by atoms with Crippen molar-refractivity contribution in [2.24, 2.45) is 0 Å². The molecule has 1 rings (SSSR count). The fourth-order valence-electron chi connectivity index (χ4n) is 1.30. The largest absolute Gasteiger partial charge is 0.508 e. The van der Waals surface area contributed by atoms with Crippen molar-refractivity contribution in [2.45, 2.75) is 6.42 Å². The third-order valence-corrected chi connectivity index (χ3v) is 2.40. The van der Waals surface area contributed by atoms with Crippen LogP contribution in [0.2, 0.25) is 0 Å². The van der Waals surface area contributed by atoms with E-state index in [-0.39, 0.29) is 30.5 Å². The molecule has 1 aromatic rings. The van der Waals surface area contributed by atoms with Gasteiger partial charge < -0.3 is 15.7 Å². The summed E-state index contributed by atoms with van der Waals surface area (Å²) >= 11 is 3.96. The lowest BCUT2D eigenvalue weighted by atomic mass is 10.1. The van der Waals surface area contributed by atoms with Gasteiger partial charge in [-0.15, -0.1) is 0 Å². The van der Waals surface area contributed by atoms with E-state index in [2.05, 4.69) is 23.3 Å². The van der Waals surface area contributed by atoms with Crippen molar-refractivity contribution >= 4 is 24.4 Å². The number of thiol groups is 1. The molecular formula is C12H16N2O3S. The Kier molecular flexibility index (Phi) is 6.07. The fraction of sp³-hybridized carbons (Fsp3) is 0.333. The molecule has 1 aromatic carbocycles. The van der Waals surface area contributed by atoms with Gasteiger partial charge in [0.15, 0.2) is 0 Å². The van der Waals surface area contributed by atoms with Crippen molar-refractivity contribution in [3.63, 3.8) is 0 Å². The van der Waals surface area contributed by atoms with E-state index in [9.17, 15) is 9.59 Å². The van der Waals surface area contributed by atoms with Crippen LogP contribution in [-0.4, -0.2) is 35.8 Å². The minimum atomic E-state index is -0.235. The van der Waals surface area contributed by atoms with Crippen molar-refractivity contribution in [1.82, 2.24) is 10.6 Å². The molecule has 18 heavy (non-hydrogen) atoms.